The number of carbonyl (C=O) groups is 1. The fourth-order valence-corrected chi connectivity index (χ4v) is 1.60. The molecule has 0 unspecified atom stereocenters. The van der Waals surface area contributed by atoms with Gasteiger partial charge in [0.25, 0.3) is 5.91 Å². The maximum Gasteiger partial charge on any atom is 0.255 e. The second-order valence-corrected chi connectivity index (χ2v) is 4.28. The minimum atomic E-state index is -0.172. The highest BCUT2D eigenvalue weighted by atomic mass is 79.9. The van der Waals surface area contributed by atoms with Crippen LogP contribution in [-0.2, 0) is 0 Å². The molecule has 1 rings (SSSR count). The third kappa shape index (κ3) is 2.97. The number of anilines is 1. The van der Waals surface area contributed by atoms with Gasteiger partial charge in [0.05, 0.1) is 18.1 Å². The number of hydrogen-bond donors (Lipinski definition) is 1. The van der Waals surface area contributed by atoms with Crippen molar-refractivity contribution < 1.29 is 4.79 Å². The van der Waals surface area contributed by atoms with Gasteiger partial charge in [-0.2, -0.15) is 5.26 Å². The summed E-state index contributed by atoms with van der Waals surface area (Å²) in [7, 11) is 1.65. The van der Waals surface area contributed by atoms with Crippen molar-refractivity contribution in [1.29, 1.82) is 5.26 Å². The van der Waals surface area contributed by atoms with E-state index in [-0.39, 0.29) is 5.91 Å². The Balaban J connectivity index is 2.88. The van der Waals surface area contributed by atoms with Crippen molar-refractivity contribution in [2.45, 2.75) is 6.42 Å². The molecule has 0 saturated carbocycles. The highest BCUT2D eigenvalue weighted by Gasteiger charge is 2.14. The van der Waals surface area contributed by atoms with Gasteiger partial charge in [-0.1, -0.05) is 15.9 Å². The Morgan fingerprint density at radius 1 is 1.62 bits per heavy atom. The minimum Gasteiger partial charge on any atom is -0.398 e. The number of nitrogens with zero attached hydrogens (tertiary/aromatic N) is 2. The number of amides is 1. The molecule has 2 N–H and O–H groups in total. The maximum absolute atomic E-state index is 11.9. The van der Waals surface area contributed by atoms with Gasteiger partial charge >= 0.3 is 0 Å². The van der Waals surface area contributed by atoms with E-state index in [9.17, 15) is 4.79 Å². The number of benzene rings is 1. The van der Waals surface area contributed by atoms with Crippen LogP contribution in [0.1, 0.15) is 16.8 Å². The first-order chi connectivity index (χ1) is 7.56. The van der Waals surface area contributed by atoms with Crippen LogP contribution in [-0.4, -0.2) is 24.4 Å². The van der Waals surface area contributed by atoms with E-state index in [0.717, 1.165) is 4.47 Å². The number of nitrogen functional groups attached to an aromatic ring is 1. The Hall–Kier alpha value is -1.54. The standard InChI is InChI=1S/C11H12BrN3O/c1-15(6-2-5-13)11(16)9-7-8(12)3-4-10(9)14/h3-4,7H,2,6,14H2,1H3. The van der Waals surface area contributed by atoms with E-state index < -0.39 is 0 Å². The van der Waals surface area contributed by atoms with Gasteiger partial charge in [-0.25, -0.2) is 0 Å². The van der Waals surface area contributed by atoms with Crippen molar-refractivity contribution in [3.63, 3.8) is 0 Å². The molecule has 0 bridgehead atoms. The summed E-state index contributed by atoms with van der Waals surface area (Å²) in [4.78, 5) is 13.4. The number of halogens is 1. The monoisotopic (exact) mass is 281 g/mol. The van der Waals surface area contributed by atoms with Crippen LogP contribution in [0.2, 0.25) is 0 Å². The fourth-order valence-electron chi connectivity index (χ4n) is 1.24. The fraction of sp³-hybridized carbons (Fsp3) is 0.273. The molecule has 0 saturated heterocycles. The van der Waals surface area contributed by atoms with Crippen molar-refractivity contribution in [2.75, 3.05) is 19.3 Å². The number of hydrogen-bond acceptors (Lipinski definition) is 3. The van der Waals surface area contributed by atoms with Gasteiger partial charge in [0.15, 0.2) is 0 Å². The lowest BCUT2D eigenvalue weighted by atomic mass is 10.1. The normalized spacial score (nSPS) is 9.56. The van der Waals surface area contributed by atoms with Crippen LogP contribution in [0.4, 0.5) is 5.69 Å². The van der Waals surface area contributed by atoms with Gasteiger partial charge in [-0.05, 0) is 18.2 Å². The van der Waals surface area contributed by atoms with E-state index >= 15 is 0 Å². The molecule has 1 amide bonds. The van der Waals surface area contributed by atoms with E-state index in [1.165, 1.54) is 4.90 Å². The zero-order chi connectivity index (χ0) is 12.1. The van der Waals surface area contributed by atoms with E-state index in [0.29, 0.717) is 24.2 Å². The molecule has 0 radical (unpaired) electrons. The van der Waals surface area contributed by atoms with Crippen molar-refractivity contribution in [3.8, 4) is 6.07 Å². The summed E-state index contributed by atoms with van der Waals surface area (Å²) >= 11 is 3.29. The molecule has 5 heteroatoms. The number of nitrogens with two attached hydrogens (primary N) is 1. The van der Waals surface area contributed by atoms with E-state index in [1.54, 1.807) is 25.2 Å². The van der Waals surface area contributed by atoms with Gasteiger partial charge in [0.1, 0.15) is 0 Å². The van der Waals surface area contributed by atoms with Crippen molar-refractivity contribution in [2.24, 2.45) is 0 Å². The average molecular weight is 282 g/mol. The average Bonchev–Trinajstić information content (AvgIpc) is 2.28. The molecule has 0 aliphatic rings. The molecule has 0 aliphatic heterocycles. The predicted molar refractivity (Wildman–Crippen MR) is 65.7 cm³/mol. The highest BCUT2D eigenvalue weighted by molar-refractivity contribution is 9.10. The second-order valence-electron chi connectivity index (χ2n) is 3.37. The number of nitriles is 1. The molecular weight excluding hydrogens is 270 g/mol. The summed E-state index contributed by atoms with van der Waals surface area (Å²) in [6.45, 7) is 0.404. The van der Waals surface area contributed by atoms with Crippen molar-refractivity contribution >= 4 is 27.5 Å². The quantitative estimate of drug-likeness (QED) is 0.862. The third-order valence-electron chi connectivity index (χ3n) is 2.15. The van der Waals surface area contributed by atoms with Crippen LogP contribution >= 0.6 is 15.9 Å². The van der Waals surface area contributed by atoms with E-state index in [2.05, 4.69) is 15.9 Å². The molecule has 84 valence electrons. The Bertz CT molecular complexity index is 439. The largest absolute Gasteiger partial charge is 0.398 e. The summed E-state index contributed by atoms with van der Waals surface area (Å²) in [5.74, 6) is -0.172. The Labute approximate surface area is 103 Å². The van der Waals surface area contributed by atoms with Crippen LogP contribution in [0.5, 0.6) is 0 Å². The Morgan fingerprint density at radius 3 is 2.94 bits per heavy atom. The van der Waals surface area contributed by atoms with Crippen molar-refractivity contribution in [3.05, 3.63) is 28.2 Å². The molecule has 1 aromatic carbocycles. The Kier molecular flexibility index (Phi) is 4.32. The van der Waals surface area contributed by atoms with Gasteiger partial charge in [-0.15, -0.1) is 0 Å². The zero-order valence-electron chi connectivity index (χ0n) is 8.90. The molecule has 0 atom stereocenters. The summed E-state index contributed by atoms with van der Waals surface area (Å²) in [6.07, 6.45) is 0.316. The van der Waals surface area contributed by atoms with E-state index in [1.807, 2.05) is 6.07 Å². The van der Waals surface area contributed by atoms with Crippen LogP contribution in [0.3, 0.4) is 0 Å². The highest BCUT2D eigenvalue weighted by Crippen LogP contribution is 2.19. The van der Waals surface area contributed by atoms with Crippen LogP contribution in [0.15, 0.2) is 22.7 Å². The minimum absolute atomic E-state index is 0.172. The molecule has 0 spiro atoms. The van der Waals surface area contributed by atoms with Gasteiger partial charge in [0, 0.05) is 23.8 Å². The van der Waals surface area contributed by atoms with Gasteiger partial charge in [-0.3, -0.25) is 4.79 Å². The lowest BCUT2D eigenvalue weighted by Crippen LogP contribution is -2.28. The number of carbonyl (C=O) groups excluding carboxylic acids is 1. The predicted octanol–water partition coefficient (Wildman–Crippen LogP) is 2.02. The smallest absolute Gasteiger partial charge is 0.255 e. The molecule has 0 aromatic heterocycles. The molecule has 0 aliphatic carbocycles. The molecule has 1 aromatic rings. The first-order valence-electron chi connectivity index (χ1n) is 4.73. The molecule has 4 nitrogen and oxygen atoms in total. The van der Waals surface area contributed by atoms with Crippen LogP contribution in [0, 0.1) is 11.3 Å². The van der Waals surface area contributed by atoms with Gasteiger partial charge < -0.3 is 10.6 Å². The summed E-state index contributed by atoms with van der Waals surface area (Å²) < 4.78 is 0.804. The summed E-state index contributed by atoms with van der Waals surface area (Å²) in [6, 6.07) is 7.13. The van der Waals surface area contributed by atoms with Crippen molar-refractivity contribution in [1.82, 2.24) is 4.90 Å². The maximum atomic E-state index is 11.9. The zero-order valence-corrected chi connectivity index (χ0v) is 10.5. The molecule has 16 heavy (non-hydrogen) atoms. The number of rotatable bonds is 3. The molecule has 0 fully saturated rings. The summed E-state index contributed by atoms with van der Waals surface area (Å²) in [5.41, 5.74) is 6.62. The van der Waals surface area contributed by atoms with E-state index in [4.69, 9.17) is 11.0 Å². The third-order valence-corrected chi connectivity index (χ3v) is 2.64. The molecule has 0 heterocycles. The van der Waals surface area contributed by atoms with Crippen LogP contribution in [0.25, 0.3) is 0 Å². The molecular formula is C11H12BrN3O. The first-order valence-corrected chi connectivity index (χ1v) is 5.53. The van der Waals surface area contributed by atoms with Gasteiger partial charge in [0.2, 0.25) is 0 Å². The topological polar surface area (TPSA) is 70.1 Å². The lowest BCUT2D eigenvalue weighted by molar-refractivity contribution is 0.0799. The Morgan fingerprint density at radius 2 is 2.31 bits per heavy atom. The van der Waals surface area contributed by atoms with Crippen LogP contribution < -0.4 is 5.73 Å². The second kappa shape index (κ2) is 5.52. The lowest BCUT2D eigenvalue weighted by Gasteiger charge is -2.16. The SMILES string of the molecule is CN(CCC#N)C(=O)c1cc(Br)ccc1N. The summed E-state index contributed by atoms with van der Waals surface area (Å²) in [5, 5.41) is 8.45. The first kappa shape index (κ1) is 12.5.